The van der Waals surface area contributed by atoms with Crippen LogP contribution in [-0.2, 0) is 0 Å². The van der Waals surface area contributed by atoms with Crippen molar-refractivity contribution in [2.45, 2.75) is 20.3 Å². The van der Waals surface area contributed by atoms with E-state index in [2.05, 4.69) is 34.1 Å². The molecule has 0 aliphatic heterocycles. The van der Waals surface area contributed by atoms with Crippen molar-refractivity contribution in [3.63, 3.8) is 0 Å². The normalized spacial score (nSPS) is 12.4. The van der Waals surface area contributed by atoms with Crippen molar-refractivity contribution < 1.29 is 0 Å². The summed E-state index contributed by atoms with van der Waals surface area (Å²) in [5, 5.41) is 3.35. The van der Waals surface area contributed by atoms with Crippen molar-refractivity contribution in [2.24, 2.45) is 5.92 Å². The number of H-pyrrole nitrogens is 1. The van der Waals surface area contributed by atoms with Crippen LogP contribution in [0.1, 0.15) is 20.3 Å². The van der Waals surface area contributed by atoms with E-state index in [1.807, 2.05) is 24.5 Å². The van der Waals surface area contributed by atoms with Crippen molar-refractivity contribution >= 4 is 5.82 Å². The zero-order valence-electron chi connectivity index (χ0n) is 10.3. The first-order chi connectivity index (χ1) is 8.29. The number of aromatic amines is 1. The molecule has 0 aliphatic rings. The number of pyridine rings is 1. The molecular formula is C13H18N4. The maximum Gasteiger partial charge on any atom is 0.126 e. The summed E-state index contributed by atoms with van der Waals surface area (Å²) in [5.74, 6) is 1.57. The van der Waals surface area contributed by atoms with Gasteiger partial charge in [-0.05, 0) is 18.1 Å². The molecule has 0 radical (unpaired) electrons. The van der Waals surface area contributed by atoms with Crippen molar-refractivity contribution in [3.05, 3.63) is 30.9 Å². The minimum atomic E-state index is 0.658. The SMILES string of the molecule is CCC(C)CNc1cc(-c2c[nH]cn2)ccn1. The first kappa shape index (κ1) is 11.6. The quantitative estimate of drug-likeness (QED) is 0.830. The molecule has 0 aromatic carbocycles. The molecule has 2 N–H and O–H groups in total. The Bertz CT molecular complexity index is 450. The number of rotatable bonds is 5. The zero-order valence-corrected chi connectivity index (χ0v) is 10.3. The number of imidazole rings is 1. The van der Waals surface area contributed by atoms with Crippen LogP contribution in [0.3, 0.4) is 0 Å². The predicted molar refractivity (Wildman–Crippen MR) is 69.8 cm³/mol. The smallest absolute Gasteiger partial charge is 0.126 e. The van der Waals surface area contributed by atoms with Crippen LogP contribution in [0.15, 0.2) is 30.9 Å². The van der Waals surface area contributed by atoms with Crippen LogP contribution in [0.25, 0.3) is 11.3 Å². The van der Waals surface area contributed by atoms with Crippen LogP contribution >= 0.6 is 0 Å². The maximum atomic E-state index is 4.31. The lowest BCUT2D eigenvalue weighted by Crippen LogP contribution is -2.11. The second kappa shape index (κ2) is 5.48. The van der Waals surface area contributed by atoms with Crippen LogP contribution in [0.4, 0.5) is 5.82 Å². The summed E-state index contributed by atoms with van der Waals surface area (Å²) in [4.78, 5) is 11.5. The first-order valence-corrected chi connectivity index (χ1v) is 5.98. The Balaban J connectivity index is 2.07. The summed E-state index contributed by atoms with van der Waals surface area (Å²) in [6, 6.07) is 3.99. The Morgan fingerprint density at radius 2 is 2.29 bits per heavy atom. The molecule has 1 unspecified atom stereocenters. The second-order valence-corrected chi connectivity index (χ2v) is 4.28. The lowest BCUT2D eigenvalue weighted by Gasteiger charge is -2.10. The van der Waals surface area contributed by atoms with Gasteiger partial charge < -0.3 is 10.3 Å². The van der Waals surface area contributed by atoms with E-state index in [1.54, 1.807) is 6.33 Å². The van der Waals surface area contributed by atoms with E-state index in [1.165, 1.54) is 6.42 Å². The van der Waals surface area contributed by atoms with E-state index < -0.39 is 0 Å². The summed E-state index contributed by atoms with van der Waals surface area (Å²) in [7, 11) is 0. The number of nitrogens with zero attached hydrogens (tertiary/aromatic N) is 2. The first-order valence-electron chi connectivity index (χ1n) is 5.98. The number of nitrogens with one attached hydrogen (secondary N) is 2. The molecule has 1 atom stereocenters. The average Bonchev–Trinajstić information content (AvgIpc) is 2.90. The van der Waals surface area contributed by atoms with E-state index in [9.17, 15) is 0 Å². The number of aromatic nitrogens is 3. The minimum Gasteiger partial charge on any atom is -0.370 e. The number of anilines is 1. The summed E-state index contributed by atoms with van der Waals surface area (Å²) in [6.45, 7) is 5.37. The van der Waals surface area contributed by atoms with Gasteiger partial charge in [-0.1, -0.05) is 20.3 Å². The van der Waals surface area contributed by atoms with Crippen molar-refractivity contribution in [3.8, 4) is 11.3 Å². The molecule has 2 aromatic rings. The molecule has 90 valence electrons. The summed E-state index contributed by atoms with van der Waals surface area (Å²) in [6.07, 6.45) is 6.55. The van der Waals surface area contributed by atoms with Crippen LogP contribution in [-0.4, -0.2) is 21.5 Å². The highest BCUT2D eigenvalue weighted by molar-refractivity contribution is 5.61. The van der Waals surface area contributed by atoms with Crippen LogP contribution in [0, 0.1) is 5.92 Å². The van der Waals surface area contributed by atoms with E-state index in [-0.39, 0.29) is 0 Å². The third-order valence-electron chi connectivity index (χ3n) is 2.88. The summed E-state index contributed by atoms with van der Waals surface area (Å²) in [5.41, 5.74) is 2.02. The molecule has 0 bridgehead atoms. The van der Waals surface area contributed by atoms with Gasteiger partial charge in [0.15, 0.2) is 0 Å². The highest BCUT2D eigenvalue weighted by Crippen LogP contribution is 2.18. The van der Waals surface area contributed by atoms with E-state index in [0.29, 0.717) is 5.92 Å². The van der Waals surface area contributed by atoms with Crippen LogP contribution < -0.4 is 5.32 Å². The molecule has 0 saturated carbocycles. The minimum absolute atomic E-state index is 0.658. The van der Waals surface area contributed by atoms with Gasteiger partial charge in [0.2, 0.25) is 0 Å². The second-order valence-electron chi connectivity index (χ2n) is 4.28. The fraction of sp³-hybridized carbons (Fsp3) is 0.385. The third-order valence-corrected chi connectivity index (χ3v) is 2.88. The fourth-order valence-corrected chi connectivity index (χ4v) is 1.53. The van der Waals surface area contributed by atoms with Gasteiger partial charge in [-0.15, -0.1) is 0 Å². The lowest BCUT2D eigenvalue weighted by atomic mass is 10.1. The molecular weight excluding hydrogens is 212 g/mol. The van der Waals surface area contributed by atoms with Gasteiger partial charge >= 0.3 is 0 Å². The van der Waals surface area contributed by atoms with Crippen LogP contribution in [0.2, 0.25) is 0 Å². The Morgan fingerprint density at radius 1 is 1.41 bits per heavy atom. The van der Waals surface area contributed by atoms with Gasteiger partial charge in [-0.3, -0.25) is 0 Å². The highest BCUT2D eigenvalue weighted by Gasteiger charge is 2.03. The fourth-order valence-electron chi connectivity index (χ4n) is 1.53. The largest absolute Gasteiger partial charge is 0.370 e. The van der Waals surface area contributed by atoms with E-state index in [0.717, 1.165) is 23.6 Å². The number of hydrogen-bond donors (Lipinski definition) is 2. The lowest BCUT2D eigenvalue weighted by molar-refractivity contribution is 0.592. The Kier molecular flexibility index (Phi) is 3.75. The van der Waals surface area contributed by atoms with Gasteiger partial charge in [-0.25, -0.2) is 9.97 Å². The van der Waals surface area contributed by atoms with Crippen molar-refractivity contribution in [1.29, 1.82) is 0 Å². The monoisotopic (exact) mass is 230 g/mol. The molecule has 2 aromatic heterocycles. The van der Waals surface area contributed by atoms with Gasteiger partial charge in [0.1, 0.15) is 5.82 Å². The Morgan fingerprint density at radius 3 is 3.00 bits per heavy atom. The number of hydrogen-bond acceptors (Lipinski definition) is 3. The van der Waals surface area contributed by atoms with Crippen LogP contribution in [0.5, 0.6) is 0 Å². The molecule has 17 heavy (non-hydrogen) atoms. The zero-order chi connectivity index (χ0) is 12.1. The van der Waals surface area contributed by atoms with Gasteiger partial charge in [-0.2, -0.15) is 0 Å². The third kappa shape index (κ3) is 3.06. The van der Waals surface area contributed by atoms with Gasteiger partial charge in [0.25, 0.3) is 0 Å². The molecule has 4 nitrogen and oxygen atoms in total. The average molecular weight is 230 g/mol. The Hall–Kier alpha value is -1.84. The molecule has 4 heteroatoms. The molecule has 2 rings (SSSR count). The molecule has 0 spiro atoms. The Labute approximate surface area is 102 Å². The topological polar surface area (TPSA) is 53.6 Å². The van der Waals surface area contributed by atoms with Gasteiger partial charge in [0.05, 0.1) is 12.0 Å². The maximum absolute atomic E-state index is 4.31. The van der Waals surface area contributed by atoms with Gasteiger partial charge in [0, 0.05) is 24.5 Å². The summed E-state index contributed by atoms with van der Waals surface area (Å²) >= 11 is 0. The predicted octanol–water partition coefficient (Wildman–Crippen LogP) is 2.93. The molecule has 0 aliphatic carbocycles. The standard InChI is InChI=1S/C13H18N4/c1-3-10(2)7-16-13-6-11(4-5-15-13)12-8-14-9-17-12/h4-6,8-10H,3,7H2,1-2H3,(H,14,17)(H,15,16). The highest BCUT2D eigenvalue weighted by atomic mass is 15.0. The van der Waals surface area contributed by atoms with Crippen molar-refractivity contribution in [2.75, 3.05) is 11.9 Å². The van der Waals surface area contributed by atoms with E-state index >= 15 is 0 Å². The molecule has 0 amide bonds. The summed E-state index contributed by atoms with van der Waals surface area (Å²) < 4.78 is 0. The molecule has 0 fully saturated rings. The van der Waals surface area contributed by atoms with E-state index in [4.69, 9.17) is 0 Å². The van der Waals surface area contributed by atoms with Crippen molar-refractivity contribution in [1.82, 2.24) is 15.0 Å². The molecule has 2 heterocycles. The molecule has 0 saturated heterocycles.